The smallest absolute Gasteiger partial charge is 0.252 e. The summed E-state index contributed by atoms with van der Waals surface area (Å²) in [6.45, 7) is 2.88. The van der Waals surface area contributed by atoms with E-state index in [0.717, 1.165) is 37.3 Å². The quantitative estimate of drug-likeness (QED) is 0.898. The Morgan fingerprint density at radius 3 is 3.00 bits per heavy atom. The van der Waals surface area contributed by atoms with Crippen molar-refractivity contribution in [2.45, 2.75) is 44.2 Å². The summed E-state index contributed by atoms with van der Waals surface area (Å²) in [5.41, 5.74) is 0.254. The van der Waals surface area contributed by atoms with Gasteiger partial charge in [0.1, 0.15) is 28.2 Å². The van der Waals surface area contributed by atoms with Gasteiger partial charge in [0, 0.05) is 31.6 Å². The minimum Gasteiger partial charge on any atom is -0.385 e. The Kier molecular flexibility index (Phi) is 3.96. The van der Waals surface area contributed by atoms with E-state index in [1.165, 1.54) is 11.3 Å². The molecule has 0 radical (unpaired) electrons. The van der Waals surface area contributed by atoms with Gasteiger partial charge in [0.2, 0.25) is 0 Å². The molecule has 2 aliphatic rings. The Morgan fingerprint density at radius 1 is 1.44 bits per heavy atom. The van der Waals surface area contributed by atoms with E-state index in [4.69, 9.17) is 4.98 Å². The predicted molar refractivity (Wildman–Crippen MR) is 95.8 cm³/mol. The fourth-order valence-corrected chi connectivity index (χ4v) is 4.57. The van der Waals surface area contributed by atoms with Gasteiger partial charge in [-0.05, 0) is 19.3 Å². The van der Waals surface area contributed by atoms with Crippen molar-refractivity contribution < 1.29 is 9.90 Å². The van der Waals surface area contributed by atoms with Crippen LogP contribution in [0.5, 0.6) is 0 Å². The van der Waals surface area contributed by atoms with Gasteiger partial charge in [0.25, 0.3) is 5.91 Å². The molecule has 2 aromatic heterocycles. The van der Waals surface area contributed by atoms with E-state index in [1.54, 1.807) is 24.3 Å². The van der Waals surface area contributed by atoms with E-state index < -0.39 is 11.6 Å². The van der Waals surface area contributed by atoms with Crippen molar-refractivity contribution in [3.63, 3.8) is 0 Å². The lowest BCUT2D eigenvalue weighted by Crippen LogP contribution is -2.59. The summed E-state index contributed by atoms with van der Waals surface area (Å²) in [5.74, 6) is 1.50. The molecule has 1 saturated heterocycles. The second-order valence-electron chi connectivity index (χ2n) is 6.59. The standard InChI is InChI=1S/C17H21N5O2S/c1-3-17-5-4-7-22(17)14-11(21(2)16(17)24)10-19-13(20-14)9-12(23)15-18-6-8-25-15/h6,8,10,12,23H,3-5,7,9H2,1-2H3/t12?,17-/m0/s1. The van der Waals surface area contributed by atoms with Crippen LogP contribution >= 0.6 is 11.3 Å². The molecule has 1 fully saturated rings. The zero-order chi connectivity index (χ0) is 17.6. The van der Waals surface area contributed by atoms with Gasteiger partial charge in [-0.1, -0.05) is 6.92 Å². The molecule has 0 aliphatic carbocycles. The van der Waals surface area contributed by atoms with Crippen LogP contribution in [-0.2, 0) is 11.2 Å². The average molecular weight is 359 g/mol. The molecule has 4 rings (SSSR count). The van der Waals surface area contributed by atoms with Crippen LogP contribution in [0.15, 0.2) is 17.8 Å². The Bertz CT molecular complexity index is 796. The molecule has 1 amide bonds. The van der Waals surface area contributed by atoms with E-state index in [1.807, 2.05) is 5.38 Å². The van der Waals surface area contributed by atoms with Crippen LogP contribution < -0.4 is 9.80 Å². The highest BCUT2D eigenvalue weighted by atomic mass is 32.1. The van der Waals surface area contributed by atoms with Crippen molar-refractivity contribution >= 4 is 28.7 Å². The van der Waals surface area contributed by atoms with Crippen LogP contribution in [0.1, 0.15) is 43.1 Å². The van der Waals surface area contributed by atoms with Gasteiger partial charge < -0.3 is 14.9 Å². The number of likely N-dealkylation sites (N-methyl/N-ethyl adjacent to an activating group) is 1. The largest absolute Gasteiger partial charge is 0.385 e. The molecule has 0 bridgehead atoms. The maximum atomic E-state index is 12.9. The van der Waals surface area contributed by atoms with Crippen LogP contribution in [-0.4, -0.2) is 45.1 Å². The van der Waals surface area contributed by atoms with Crippen molar-refractivity contribution in [3.8, 4) is 0 Å². The summed E-state index contributed by atoms with van der Waals surface area (Å²) >= 11 is 1.42. The van der Waals surface area contributed by atoms with Gasteiger partial charge in [-0.2, -0.15) is 0 Å². The zero-order valence-electron chi connectivity index (χ0n) is 14.3. The number of hydrogen-bond donors (Lipinski definition) is 1. The van der Waals surface area contributed by atoms with E-state index in [9.17, 15) is 9.90 Å². The van der Waals surface area contributed by atoms with Crippen LogP contribution in [0.4, 0.5) is 11.5 Å². The first-order valence-electron chi connectivity index (χ1n) is 8.56. The second kappa shape index (κ2) is 6.03. The molecular weight excluding hydrogens is 338 g/mol. The summed E-state index contributed by atoms with van der Waals surface area (Å²) < 4.78 is 0. The predicted octanol–water partition coefficient (Wildman–Crippen LogP) is 1.93. The number of aliphatic hydroxyl groups excluding tert-OH is 1. The van der Waals surface area contributed by atoms with Crippen molar-refractivity contribution in [1.29, 1.82) is 0 Å². The lowest BCUT2D eigenvalue weighted by Gasteiger charge is -2.45. The lowest BCUT2D eigenvalue weighted by atomic mass is 9.89. The summed E-state index contributed by atoms with van der Waals surface area (Å²) in [4.78, 5) is 30.0. The zero-order valence-corrected chi connectivity index (χ0v) is 15.2. The van der Waals surface area contributed by atoms with E-state index in [0.29, 0.717) is 17.3 Å². The number of amides is 1. The Hall–Kier alpha value is -2.06. The maximum absolute atomic E-state index is 12.9. The number of hydrogen-bond acceptors (Lipinski definition) is 7. The molecule has 1 N–H and O–H groups in total. The number of fused-ring (bicyclic) bond motifs is 3. The van der Waals surface area contributed by atoms with Crippen molar-refractivity contribution in [2.75, 3.05) is 23.4 Å². The molecule has 2 atom stereocenters. The Labute approximate surface area is 150 Å². The molecule has 7 nitrogen and oxygen atoms in total. The lowest BCUT2D eigenvalue weighted by molar-refractivity contribution is -0.123. The van der Waals surface area contributed by atoms with Crippen LogP contribution in [0.25, 0.3) is 0 Å². The SMILES string of the molecule is CC[C@@]12CCCN1c1nc(CC(O)c3nccs3)ncc1N(C)C2=O. The van der Waals surface area contributed by atoms with Crippen molar-refractivity contribution in [1.82, 2.24) is 15.0 Å². The monoisotopic (exact) mass is 359 g/mol. The third-order valence-corrected chi connectivity index (χ3v) is 6.18. The number of nitrogens with zero attached hydrogens (tertiary/aromatic N) is 5. The number of aromatic nitrogens is 3. The minimum absolute atomic E-state index is 0.124. The van der Waals surface area contributed by atoms with Crippen LogP contribution in [0, 0.1) is 0 Å². The maximum Gasteiger partial charge on any atom is 0.252 e. The molecule has 0 aromatic carbocycles. The van der Waals surface area contributed by atoms with E-state index in [-0.39, 0.29) is 5.91 Å². The summed E-state index contributed by atoms with van der Waals surface area (Å²) in [6, 6.07) is 0. The number of carbonyl (C=O) groups excluding carboxylic acids is 1. The average Bonchev–Trinajstić information content (AvgIpc) is 3.29. The summed E-state index contributed by atoms with van der Waals surface area (Å²) in [7, 11) is 1.79. The second-order valence-corrected chi connectivity index (χ2v) is 7.52. The molecule has 4 heterocycles. The van der Waals surface area contributed by atoms with Crippen LogP contribution in [0.3, 0.4) is 0 Å². The molecule has 2 aliphatic heterocycles. The molecule has 25 heavy (non-hydrogen) atoms. The van der Waals surface area contributed by atoms with Crippen molar-refractivity contribution in [2.24, 2.45) is 0 Å². The fraction of sp³-hybridized carbons (Fsp3) is 0.529. The first kappa shape index (κ1) is 16.4. The number of rotatable bonds is 4. The molecule has 0 saturated carbocycles. The first-order valence-corrected chi connectivity index (χ1v) is 9.44. The molecule has 132 valence electrons. The molecule has 1 unspecified atom stereocenters. The van der Waals surface area contributed by atoms with Gasteiger partial charge >= 0.3 is 0 Å². The first-order chi connectivity index (χ1) is 12.1. The highest BCUT2D eigenvalue weighted by molar-refractivity contribution is 7.09. The molecule has 2 aromatic rings. The Morgan fingerprint density at radius 2 is 2.28 bits per heavy atom. The highest BCUT2D eigenvalue weighted by Crippen LogP contribution is 2.45. The highest BCUT2D eigenvalue weighted by Gasteiger charge is 2.52. The molecular formula is C17H21N5O2S. The van der Waals surface area contributed by atoms with Gasteiger partial charge in [-0.3, -0.25) is 4.79 Å². The Balaban J connectivity index is 1.70. The van der Waals surface area contributed by atoms with Gasteiger partial charge in [-0.15, -0.1) is 11.3 Å². The number of thiazole rings is 1. The third-order valence-electron chi connectivity index (χ3n) is 5.31. The summed E-state index contributed by atoms with van der Waals surface area (Å²) in [6.07, 6.45) is 5.57. The third kappa shape index (κ3) is 2.43. The van der Waals surface area contributed by atoms with Gasteiger partial charge in [0.05, 0.1) is 6.20 Å². The fourth-order valence-electron chi connectivity index (χ4n) is 3.94. The normalized spacial score (nSPS) is 23.6. The van der Waals surface area contributed by atoms with Gasteiger partial charge in [0.15, 0.2) is 5.82 Å². The minimum atomic E-state index is -0.712. The number of anilines is 2. The molecule has 0 spiro atoms. The van der Waals surface area contributed by atoms with Gasteiger partial charge in [-0.25, -0.2) is 15.0 Å². The van der Waals surface area contributed by atoms with Crippen molar-refractivity contribution in [3.05, 3.63) is 28.6 Å². The topological polar surface area (TPSA) is 82.4 Å². The van der Waals surface area contributed by atoms with E-state index in [2.05, 4.69) is 21.8 Å². The molecule has 8 heteroatoms. The number of aliphatic hydroxyl groups is 1. The van der Waals surface area contributed by atoms with Crippen LogP contribution in [0.2, 0.25) is 0 Å². The van der Waals surface area contributed by atoms with E-state index >= 15 is 0 Å². The summed E-state index contributed by atoms with van der Waals surface area (Å²) in [5, 5.41) is 12.8. The number of carbonyl (C=O) groups is 1.